The number of hydrogen-bond acceptors (Lipinski definition) is 1. The van der Waals surface area contributed by atoms with Crippen LogP contribution < -0.4 is 0 Å². The summed E-state index contributed by atoms with van der Waals surface area (Å²) in [7, 11) is 0. The topological polar surface area (TPSA) is 3.24 Å². The van der Waals surface area contributed by atoms with Gasteiger partial charge in [-0.05, 0) is 31.5 Å². The van der Waals surface area contributed by atoms with E-state index in [2.05, 4.69) is 65.0 Å². The van der Waals surface area contributed by atoms with Crippen LogP contribution in [-0.4, -0.2) is 29.9 Å². The van der Waals surface area contributed by atoms with E-state index in [1.165, 1.54) is 31.5 Å². The zero-order valence-electron chi connectivity index (χ0n) is 11.0. The van der Waals surface area contributed by atoms with Crippen LogP contribution in [0.25, 0.3) is 0 Å². The van der Waals surface area contributed by atoms with Gasteiger partial charge in [0.05, 0.1) is 0 Å². The first-order valence-corrected chi connectivity index (χ1v) is 7.77. The Bertz CT molecular complexity index is 280. The average molecular weight is 298 g/mol. The lowest BCUT2D eigenvalue weighted by Crippen LogP contribution is -2.30. The highest BCUT2D eigenvalue weighted by Gasteiger charge is 2.13. The highest BCUT2D eigenvalue weighted by molar-refractivity contribution is 9.09. The van der Waals surface area contributed by atoms with Crippen molar-refractivity contribution in [1.82, 2.24) is 4.90 Å². The van der Waals surface area contributed by atoms with E-state index in [0.29, 0.717) is 5.92 Å². The van der Waals surface area contributed by atoms with Crippen molar-refractivity contribution < 1.29 is 0 Å². The van der Waals surface area contributed by atoms with E-state index < -0.39 is 0 Å². The Morgan fingerprint density at radius 1 is 1.06 bits per heavy atom. The van der Waals surface area contributed by atoms with E-state index in [1.54, 1.807) is 0 Å². The summed E-state index contributed by atoms with van der Waals surface area (Å²) in [5.74, 6) is 0.606. The Morgan fingerprint density at radius 2 is 1.65 bits per heavy atom. The molecule has 1 aromatic rings. The second-order valence-electron chi connectivity index (χ2n) is 4.56. The minimum Gasteiger partial charge on any atom is -0.303 e. The maximum Gasteiger partial charge on any atom is 0.0112 e. The van der Waals surface area contributed by atoms with Crippen LogP contribution >= 0.6 is 15.9 Å². The summed E-state index contributed by atoms with van der Waals surface area (Å²) in [5.41, 5.74) is 1.45. The highest BCUT2D eigenvalue weighted by Crippen LogP contribution is 2.19. The number of nitrogens with zero attached hydrogens (tertiary/aromatic N) is 1. The van der Waals surface area contributed by atoms with Crippen LogP contribution in [0, 0.1) is 0 Å². The van der Waals surface area contributed by atoms with Crippen molar-refractivity contribution in [2.75, 3.05) is 25.0 Å². The van der Waals surface area contributed by atoms with Crippen molar-refractivity contribution in [3.63, 3.8) is 0 Å². The number of alkyl halides is 1. The smallest absolute Gasteiger partial charge is 0.0112 e. The molecule has 0 heterocycles. The molecule has 0 bridgehead atoms. The molecule has 1 unspecified atom stereocenters. The first-order chi connectivity index (χ1) is 8.31. The van der Waals surface area contributed by atoms with Crippen molar-refractivity contribution in [1.29, 1.82) is 0 Å². The summed E-state index contributed by atoms with van der Waals surface area (Å²) in [6, 6.07) is 10.8. The van der Waals surface area contributed by atoms with E-state index in [4.69, 9.17) is 0 Å². The molecule has 1 aromatic carbocycles. The standard InChI is InChI=1S/C15H24BrN/c1-3-10-17(11-4-2)13-15(12-16)14-8-6-5-7-9-14/h5-9,15H,3-4,10-13H2,1-2H3. The lowest BCUT2D eigenvalue weighted by Gasteiger charge is -2.26. The van der Waals surface area contributed by atoms with Crippen molar-refractivity contribution in [3.8, 4) is 0 Å². The van der Waals surface area contributed by atoms with Gasteiger partial charge >= 0.3 is 0 Å². The van der Waals surface area contributed by atoms with Gasteiger partial charge in [0.15, 0.2) is 0 Å². The lowest BCUT2D eigenvalue weighted by molar-refractivity contribution is 0.263. The number of benzene rings is 1. The molecule has 1 atom stereocenters. The van der Waals surface area contributed by atoms with Gasteiger partial charge in [0, 0.05) is 17.8 Å². The van der Waals surface area contributed by atoms with Gasteiger partial charge in [0.2, 0.25) is 0 Å². The molecule has 2 heteroatoms. The molecular formula is C15H24BrN. The van der Waals surface area contributed by atoms with Gasteiger partial charge in [-0.3, -0.25) is 0 Å². The quantitative estimate of drug-likeness (QED) is 0.647. The van der Waals surface area contributed by atoms with Crippen LogP contribution in [0.5, 0.6) is 0 Å². The van der Waals surface area contributed by atoms with Crippen molar-refractivity contribution in [3.05, 3.63) is 35.9 Å². The van der Waals surface area contributed by atoms with Crippen molar-refractivity contribution in [2.24, 2.45) is 0 Å². The predicted molar refractivity (Wildman–Crippen MR) is 80.0 cm³/mol. The first-order valence-electron chi connectivity index (χ1n) is 6.65. The average Bonchev–Trinajstić information content (AvgIpc) is 2.37. The van der Waals surface area contributed by atoms with Gasteiger partial charge < -0.3 is 4.90 Å². The lowest BCUT2D eigenvalue weighted by atomic mass is 10.0. The SMILES string of the molecule is CCCN(CCC)CC(CBr)c1ccccc1. The molecule has 1 nitrogen and oxygen atoms in total. The Labute approximate surface area is 114 Å². The Morgan fingerprint density at radius 3 is 2.12 bits per heavy atom. The largest absolute Gasteiger partial charge is 0.303 e. The van der Waals surface area contributed by atoms with E-state index in [-0.39, 0.29) is 0 Å². The van der Waals surface area contributed by atoms with Crippen LogP contribution in [0.1, 0.15) is 38.2 Å². The molecule has 0 spiro atoms. The molecule has 96 valence electrons. The molecule has 0 aliphatic carbocycles. The highest BCUT2D eigenvalue weighted by atomic mass is 79.9. The molecular weight excluding hydrogens is 274 g/mol. The summed E-state index contributed by atoms with van der Waals surface area (Å²) >= 11 is 3.66. The molecule has 0 fully saturated rings. The zero-order valence-corrected chi connectivity index (χ0v) is 12.6. The Balaban J connectivity index is 2.61. The van der Waals surface area contributed by atoms with E-state index in [9.17, 15) is 0 Å². The molecule has 0 amide bonds. The Kier molecular flexibility index (Phi) is 7.54. The third-order valence-electron chi connectivity index (χ3n) is 3.02. The van der Waals surface area contributed by atoms with Crippen LogP contribution in [0.4, 0.5) is 0 Å². The van der Waals surface area contributed by atoms with Gasteiger partial charge in [-0.1, -0.05) is 60.1 Å². The summed E-state index contributed by atoms with van der Waals surface area (Å²) in [4.78, 5) is 2.58. The molecule has 0 radical (unpaired) electrons. The summed E-state index contributed by atoms with van der Waals surface area (Å²) in [5, 5.41) is 1.04. The number of halogens is 1. The van der Waals surface area contributed by atoms with Crippen molar-refractivity contribution in [2.45, 2.75) is 32.6 Å². The minimum absolute atomic E-state index is 0.606. The van der Waals surface area contributed by atoms with Crippen LogP contribution in [0.2, 0.25) is 0 Å². The maximum absolute atomic E-state index is 3.66. The molecule has 0 N–H and O–H groups in total. The number of rotatable bonds is 8. The summed E-state index contributed by atoms with van der Waals surface area (Å²) in [6.07, 6.45) is 2.48. The zero-order chi connectivity index (χ0) is 12.5. The van der Waals surface area contributed by atoms with Crippen LogP contribution in [-0.2, 0) is 0 Å². The van der Waals surface area contributed by atoms with E-state index >= 15 is 0 Å². The van der Waals surface area contributed by atoms with Crippen molar-refractivity contribution >= 4 is 15.9 Å². The molecule has 0 saturated heterocycles. The van der Waals surface area contributed by atoms with E-state index in [1.807, 2.05) is 0 Å². The maximum atomic E-state index is 3.66. The predicted octanol–water partition coefficient (Wildman–Crippen LogP) is 4.29. The summed E-state index contributed by atoms with van der Waals surface area (Å²) < 4.78 is 0. The normalized spacial score (nSPS) is 12.9. The van der Waals surface area contributed by atoms with Crippen LogP contribution in [0.15, 0.2) is 30.3 Å². The first kappa shape index (κ1) is 14.7. The van der Waals surface area contributed by atoms with Gasteiger partial charge in [0.25, 0.3) is 0 Å². The molecule has 0 aliphatic rings. The fourth-order valence-electron chi connectivity index (χ4n) is 2.21. The minimum atomic E-state index is 0.606. The third-order valence-corrected chi connectivity index (χ3v) is 3.80. The third kappa shape index (κ3) is 5.22. The molecule has 0 aromatic heterocycles. The monoisotopic (exact) mass is 297 g/mol. The Hall–Kier alpha value is -0.340. The molecule has 1 rings (SSSR count). The molecule has 0 aliphatic heterocycles. The fourth-order valence-corrected chi connectivity index (χ4v) is 2.79. The van der Waals surface area contributed by atoms with Gasteiger partial charge in [-0.15, -0.1) is 0 Å². The molecule has 0 saturated carbocycles. The van der Waals surface area contributed by atoms with Crippen LogP contribution in [0.3, 0.4) is 0 Å². The second-order valence-corrected chi connectivity index (χ2v) is 5.21. The molecule has 17 heavy (non-hydrogen) atoms. The summed E-state index contributed by atoms with van der Waals surface area (Å²) in [6.45, 7) is 8.11. The fraction of sp³-hybridized carbons (Fsp3) is 0.600. The van der Waals surface area contributed by atoms with E-state index in [0.717, 1.165) is 11.9 Å². The van der Waals surface area contributed by atoms with Gasteiger partial charge in [0.1, 0.15) is 0 Å². The van der Waals surface area contributed by atoms with Gasteiger partial charge in [-0.25, -0.2) is 0 Å². The second kappa shape index (κ2) is 8.71. The van der Waals surface area contributed by atoms with Gasteiger partial charge in [-0.2, -0.15) is 0 Å². The number of hydrogen-bond donors (Lipinski definition) is 0.